The number of nitrogens with zero attached hydrogens (tertiary/aromatic N) is 1. The first-order valence-electron chi connectivity index (χ1n) is 8.81. The van der Waals surface area contributed by atoms with Gasteiger partial charge in [-0.15, -0.1) is 11.8 Å². The smallest absolute Gasteiger partial charge is 0.255 e. The molecule has 0 saturated carbocycles. The predicted octanol–water partition coefficient (Wildman–Crippen LogP) is 3.20. The topological polar surface area (TPSA) is 110 Å². The Hall–Kier alpha value is -2.07. The summed E-state index contributed by atoms with van der Waals surface area (Å²) in [5.74, 6) is -0.898. The van der Waals surface area contributed by atoms with Crippen LogP contribution in [0.4, 0.5) is 5.69 Å². The fourth-order valence-electron chi connectivity index (χ4n) is 2.58. The summed E-state index contributed by atoms with van der Waals surface area (Å²) in [6.07, 6.45) is 0. The van der Waals surface area contributed by atoms with Crippen molar-refractivity contribution in [3.05, 3.63) is 53.1 Å². The maximum atomic E-state index is 12.8. The van der Waals surface area contributed by atoms with E-state index in [-0.39, 0.29) is 34.3 Å². The minimum absolute atomic E-state index is 0.0471. The Morgan fingerprint density at radius 3 is 2.41 bits per heavy atom. The molecule has 0 heterocycles. The highest BCUT2D eigenvalue weighted by atomic mass is 35.5. The lowest BCUT2D eigenvalue weighted by Gasteiger charge is -2.19. The monoisotopic (exact) mass is 455 g/mol. The molecule has 0 saturated heterocycles. The second-order valence-corrected chi connectivity index (χ2v) is 9.27. The number of nitrogens with two attached hydrogens (primary N) is 1. The lowest BCUT2D eigenvalue weighted by atomic mass is 10.2. The number of para-hydroxylation sites is 1. The highest BCUT2D eigenvalue weighted by Gasteiger charge is 2.25. The van der Waals surface area contributed by atoms with Crippen molar-refractivity contribution in [1.82, 2.24) is 4.31 Å². The third-order valence-electron chi connectivity index (χ3n) is 4.02. The second-order valence-electron chi connectivity index (χ2n) is 5.94. The van der Waals surface area contributed by atoms with Gasteiger partial charge < -0.3 is 11.1 Å². The van der Waals surface area contributed by atoms with Gasteiger partial charge in [0.2, 0.25) is 15.9 Å². The van der Waals surface area contributed by atoms with E-state index in [9.17, 15) is 18.0 Å². The van der Waals surface area contributed by atoms with E-state index in [2.05, 4.69) is 5.32 Å². The molecule has 2 amide bonds. The molecule has 7 nitrogen and oxygen atoms in total. The molecule has 2 rings (SSSR count). The van der Waals surface area contributed by atoms with Gasteiger partial charge in [-0.05, 0) is 30.3 Å². The zero-order valence-corrected chi connectivity index (χ0v) is 18.4. The summed E-state index contributed by atoms with van der Waals surface area (Å²) in [5, 5.41) is 2.79. The molecule has 2 aromatic carbocycles. The summed E-state index contributed by atoms with van der Waals surface area (Å²) in [5.41, 5.74) is 5.82. The normalized spacial score (nSPS) is 11.4. The van der Waals surface area contributed by atoms with E-state index < -0.39 is 21.8 Å². The average Bonchev–Trinajstić information content (AvgIpc) is 2.68. The van der Waals surface area contributed by atoms with Crippen molar-refractivity contribution in [2.45, 2.75) is 23.6 Å². The van der Waals surface area contributed by atoms with Gasteiger partial charge in [0.05, 0.1) is 16.5 Å². The van der Waals surface area contributed by atoms with Crippen LogP contribution in [0.15, 0.2) is 52.3 Å². The summed E-state index contributed by atoms with van der Waals surface area (Å²) in [6.45, 7) is 4.03. The predicted molar refractivity (Wildman–Crippen MR) is 116 cm³/mol. The Morgan fingerprint density at radius 2 is 1.79 bits per heavy atom. The Kier molecular flexibility index (Phi) is 8.09. The summed E-state index contributed by atoms with van der Waals surface area (Å²) in [4.78, 5) is 24.3. The number of anilines is 1. The fraction of sp³-hybridized carbons (Fsp3) is 0.263. The zero-order chi connectivity index (χ0) is 21.6. The molecule has 156 valence electrons. The van der Waals surface area contributed by atoms with E-state index >= 15 is 0 Å². The fourth-order valence-corrected chi connectivity index (χ4v) is 5.29. The molecule has 0 spiro atoms. The number of thioether (sulfide) groups is 1. The van der Waals surface area contributed by atoms with Crippen LogP contribution >= 0.6 is 23.4 Å². The molecule has 0 atom stereocenters. The first-order chi connectivity index (χ1) is 13.7. The Morgan fingerprint density at radius 1 is 1.14 bits per heavy atom. The van der Waals surface area contributed by atoms with Crippen LogP contribution in [0.3, 0.4) is 0 Å². The van der Waals surface area contributed by atoms with E-state index in [4.69, 9.17) is 17.3 Å². The highest BCUT2D eigenvalue weighted by Crippen LogP contribution is 2.29. The van der Waals surface area contributed by atoms with Gasteiger partial charge in [0.15, 0.2) is 0 Å². The largest absolute Gasteiger partial charge is 0.369 e. The third-order valence-corrected chi connectivity index (χ3v) is 7.65. The maximum absolute atomic E-state index is 12.8. The number of nitrogens with one attached hydrogen (secondary N) is 1. The number of halogens is 1. The van der Waals surface area contributed by atoms with Crippen molar-refractivity contribution >= 4 is 50.9 Å². The van der Waals surface area contributed by atoms with Gasteiger partial charge in [0, 0.05) is 23.5 Å². The average molecular weight is 456 g/mol. The van der Waals surface area contributed by atoms with E-state index in [1.165, 1.54) is 34.3 Å². The van der Waals surface area contributed by atoms with Crippen LogP contribution in [0.5, 0.6) is 0 Å². The standard InChI is InChI=1S/C19H22ClN3O4S2/c1-3-23(4-2)29(26,27)17-11-13(9-10-14(17)20)19(25)22-15-7-5-6-8-16(15)28-12-18(21)24/h5-11H,3-4,12H2,1-2H3,(H2,21,24)(H,22,25). The number of carbonyl (C=O) groups excluding carboxylic acids is 2. The number of sulfonamides is 1. The highest BCUT2D eigenvalue weighted by molar-refractivity contribution is 8.00. The number of primary amides is 1. The van der Waals surface area contributed by atoms with Crippen LogP contribution in [0.2, 0.25) is 5.02 Å². The van der Waals surface area contributed by atoms with E-state index in [0.29, 0.717) is 10.6 Å². The molecule has 0 unspecified atom stereocenters. The van der Waals surface area contributed by atoms with Crippen LogP contribution in [0, 0.1) is 0 Å². The molecule has 0 aliphatic rings. The Balaban J connectivity index is 2.33. The van der Waals surface area contributed by atoms with Crippen molar-refractivity contribution in [3.63, 3.8) is 0 Å². The molecule has 0 aliphatic heterocycles. The molecule has 0 aliphatic carbocycles. The summed E-state index contributed by atoms with van der Waals surface area (Å²) in [6, 6.07) is 11.1. The Bertz CT molecular complexity index is 1010. The van der Waals surface area contributed by atoms with Crippen LogP contribution in [-0.2, 0) is 14.8 Å². The van der Waals surface area contributed by atoms with Gasteiger partial charge in [0.25, 0.3) is 5.91 Å². The van der Waals surface area contributed by atoms with Crippen molar-refractivity contribution < 1.29 is 18.0 Å². The lowest BCUT2D eigenvalue weighted by Crippen LogP contribution is -2.31. The maximum Gasteiger partial charge on any atom is 0.255 e. The molecule has 0 radical (unpaired) electrons. The number of amides is 2. The van der Waals surface area contributed by atoms with Crippen LogP contribution < -0.4 is 11.1 Å². The summed E-state index contributed by atoms with van der Waals surface area (Å²) in [7, 11) is -3.82. The van der Waals surface area contributed by atoms with Gasteiger partial charge in [-0.3, -0.25) is 9.59 Å². The van der Waals surface area contributed by atoms with Gasteiger partial charge in [-0.1, -0.05) is 37.6 Å². The number of hydrogen-bond donors (Lipinski definition) is 2. The number of rotatable bonds is 9. The molecular formula is C19H22ClN3O4S2. The SMILES string of the molecule is CCN(CC)S(=O)(=O)c1cc(C(=O)Nc2ccccc2SCC(N)=O)ccc1Cl. The quantitative estimate of drug-likeness (QED) is 0.564. The number of hydrogen-bond acceptors (Lipinski definition) is 5. The van der Waals surface area contributed by atoms with Crippen molar-refractivity contribution in [3.8, 4) is 0 Å². The van der Waals surface area contributed by atoms with E-state index in [1.807, 2.05) is 0 Å². The van der Waals surface area contributed by atoms with Crippen molar-refractivity contribution in [2.24, 2.45) is 5.73 Å². The molecular weight excluding hydrogens is 434 g/mol. The molecule has 10 heteroatoms. The van der Waals surface area contributed by atoms with Crippen molar-refractivity contribution in [2.75, 3.05) is 24.2 Å². The van der Waals surface area contributed by atoms with Crippen LogP contribution in [0.1, 0.15) is 24.2 Å². The van der Waals surface area contributed by atoms with Gasteiger partial charge >= 0.3 is 0 Å². The second kappa shape index (κ2) is 10.1. The van der Waals surface area contributed by atoms with E-state index in [1.54, 1.807) is 38.1 Å². The molecule has 2 aromatic rings. The molecule has 0 aromatic heterocycles. The first kappa shape index (κ1) is 23.2. The van der Waals surface area contributed by atoms with Gasteiger partial charge in [-0.25, -0.2) is 8.42 Å². The zero-order valence-electron chi connectivity index (χ0n) is 16.0. The lowest BCUT2D eigenvalue weighted by molar-refractivity contribution is -0.115. The molecule has 0 fully saturated rings. The molecule has 29 heavy (non-hydrogen) atoms. The number of benzene rings is 2. The Labute approximate surface area is 179 Å². The minimum Gasteiger partial charge on any atom is -0.369 e. The molecule has 0 bridgehead atoms. The van der Waals surface area contributed by atoms with Gasteiger partial charge in [0.1, 0.15) is 4.90 Å². The number of carbonyl (C=O) groups is 2. The summed E-state index contributed by atoms with van der Waals surface area (Å²) < 4.78 is 26.9. The molecule has 3 N–H and O–H groups in total. The third kappa shape index (κ3) is 5.72. The van der Waals surface area contributed by atoms with Crippen molar-refractivity contribution in [1.29, 1.82) is 0 Å². The minimum atomic E-state index is -3.82. The summed E-state index contributed by atoms with van der Waals surface area (Å²) >= 11 is 7.31. The van der Waals surface area contributed by atoms with Crippen LogP contribution in [0.25, 0.3) is 0 Å². The van der Waals surface area contributed by atoms with E-state index in [0.717, 1.165) is 0 Å². The first-order valence-corrected chi connectivity index (χ1v) is 11.6. The van der Waals surface area contributed by atoms with Crippen LogP contribution in [-0.4, -0.2) is 43.4 Å². The van der Waals surface area contributed by atoms with Gasteiger partial charge in [-0.2, -0.15) is 4.31 Å².